The summed E-state index contributed by atoms with van der Waals surface area (Å²) in [6.45, 7) is 5.93. The third-order valence-electron chi connectivity index (χ3n) is 6.85. The van der Waals surface area contributed by atoms with Gasteiger partial charge in [0.05, 0.1) is 30.2 Å². The first-order valence-corrected chi connectivity index (χ1v) is 12.3. The van der Waals surface area contributed by atoms with E-state index in [9.17, 15) is 4.79 Å². The van der Waals surface area contributed by atoms with Gasteiger partial charge in [-0.25, -0.2) is 14.8 Å². The Hall–Kier alpha value is -4.58. The summed E-state index contributed by atoms with van der Waals surface area (Å²) in [5, 5.41) is 13.1. The van der Waals surface area contributed by atoms with Crippen LogP contribution in [0.15, 0.2) is 60.9 Å². The zero-order valence-electron chi connectivity index (χ0n) is 21.1. The number of piperazine rings is 1. The maximum absolute atomic E-state index is 13.1. The number of nitrogens with zero attached hydrogens (tertiary/aromatic N) is 5. The number of fused-ring (bicyclic) bond motifs is 1. The maximum Gasteiger partial charge on any atom is 0.318 e. The van der Waals surface area contributed by atoms with Crippen LogP contribution in [-0.4, -0.2) is 58.7 Å². The van der Waals surface area contributed by atoms with Crippen LogP contribution in [0.1, 0.15) is 31.0 Å². The molecule has 2 atom stereocenters. The monoisotopic (exact) mass is 495 g/mol. The van der Waals surface area contributed by atoms with E-state index in [1.54, 1.807) is 25.6 Å². The number of methoxy groups -OCH3 is 1. The van der Waals surface area contributed by atoms with Crippen molar-refractivity contribution in [2.75, 3.05) is 31.6 Å². The highest BCUT2D eigenvalue weighted by atomic mass is 16.5. The van der Waals surface area contributed by atoms with Crippen LogP contribution in [0.25, 0.3) is 22.3 Å². The Kier molecular flexibility index (Phi) is 6.64. The summed E-state index contributed by atoms with van der Waals surface area (Å²) in [6, 6.07) is 19.1. The molecular formula is C28H29N7O2. The molecule has 2 amide bonds. The lowest BCUT2D eigenvalue weighted by Gasteiger charge is -2.40. The second-order valence-electron chi connectivity index (χ2n) is 9.27. The number of hydrogen-bond donors (Lipinski definition) is 2. The number of ether oxygens (including phenoxy) is 1. The van der Waals surface area contributed by atoms with E-state index in [1.165, 1.54) is 0 Å². The summed E-state index contributed by atoms with van der Waals surface area (Å²) in [5.41, 5.74) is 4.26. The van der Waals surface area contributed by atoms with Crippen molar-refractivity contribution in [3.05, 3.63) is 72.1 Å². The van der Waals surface area contributed by atoms with Gasteiger partial charge in [-0.15, -0.1) is 0 Å². The molecule has 1 unspecified atom stereocenters. The van der Waals surface area contributed by atoms with Crippen molar-refractivity contribution in [1.82, 2.24) is 25.2 Å². The van der Waals surface area contributed by atoms with Crippen molar-refractivity contribution < 1.29 is 9.53 Å². The van der Waals surface area contributed by atoms with Crippen LogP contribution in [0.3, 0.4) is 0 Å². The van der Waals surface area contributed by atoms with Gasteiger partial charge in [0.25, 0.3) is 0 Å². The number of rotatable bonds is 5. The Balaban J connectivity index is 1.29. The molecule has 9 nitrogen and oxygen atoms in total. The van der Waals surface area contributed by atoms with Crippen molar-refractivity contribution in [2.45, 2.75) is 25.9 Å². The summed E-state index contributed by atoms with van der Waals surface area (Å²) in [4.78, 5) is 29.6. The SMILES string of the molecule is COc1cccc(C(C)NC(=O)N2CCN(c3ncnc4[nH]c(-c5ccc(C#N)cc5)cc34)C[C@H]2C)c1. The number of anilines is 1. The fourth-order valence-corrected chi connectivity index (χ4v) is 4.77. The number of urea groups is 1. The van der Waals surface area contributed by atoms with Crippen LogP contribution in [0, 0.1) is 11.3 Å². The molecule has 1 saturated heterocycles. The van der Waals surface area contributed by atoms with E-state index in [4.69, 9.17) is 10.00 Å². The number of nitrogens with one attached hydrogen (secondary N) is 2. The Bertz CT molecular complexity index is 1460. The highest BCUT2D eigenvalue weighted by Gasteiger charge is 2.30. The zero-order chi connectivity index (χ0) is 25.9. The third kappa shape index (κ3) is 4.91. The Morgan fingerprint density at radius 2 is 2.00 bits per heavy atom. The molecule has 0 spiro atoms. The average Bonchev–Trinajstić information content (AvgIpc) is 3.37. The summed E-state index contributed by atoms with van der Waals surface area (Å²) in [6.07, 6.45) is 1.57. The molecule has 0 saturated carbocycles. The number of carbonyl (C=O) groups excluding carboxylic acids is 1. The first kappa shape index (κ1) is 24.1. The van der Waals surface area contributed by atoms with Gasteiger partial charge in [-0.3, -0.25) is 0 Å². The van der Waals surface area contributed by atoms with Gasteiger partial charge >= 0.3 is 6.03 Å². The van der Waals surface area contributed by atoms with E-state index in [0.29, 0.717) is 25.2 Å². The second-order valence-corrected chi connectivity index (χ2v) is 9.27. The lowest BCUT2D eigenvalue weighted by molar-refractivity contribution is 0.168. The maximum atomic E-state index is 13.1. The average molecular weight is 496 g/mol. The minimum Gasteiger partial charge on any atom is -0.497 e. The van der Waals surface area contributed by atoms with Crippen molar-refractivity contribution in [3.8, 4) is 23.1 Å². The number of carbonyl (C=O) groups is 1. The highest BCUT2D eigenvalue weighted by Crippen LogP contribution is 2.30. The first-order chi connectivity index (χ1) is 18.0. The van der Waals surface area contributed by atoms with Crippen LogP contribution in [0.5, 0.6) is 5.75 Å². The van der Waals surface area contributed by atoms with Gasteiger partial charge in [-0.1, -0.05) is 24.3 Å². The Morgan fingerprint density at radius 1 is 1.19 bits per heavy atom. The number of nitriles is 1. The number of aromatic amines is 1. The lowest BCUT2D eigenvalue weighted by atomic mass is 10.1. The molecule has 37 heavy (non-hydrogen) atoms. The number of aromatic nitrogens is 3. The minimum atomic E-state index is -0.144. The topological polar surface area (TPSA) is 110 Å². The molecular weight excluding hydrogens is 466 g/mol. The van der Waals surface area contributed by atoms with Gasteiger partial charge in [0.2, 0.25) is 0 Å². The molecule has 4 aromatic rings. The van der Waals surface area contributed by atoms with Gasteiger partial charge in [-0.05, 0) is 55.3 Å². The third-order valence-corrected chi connectivity index (χ3v) is 6.85. The van der Waals surface area contributed by atoms with E-state index < -0.39 is 0 Å². The van der Waals surface area contributed by atoms with Crippen LogP contribution in [0.2, 0.25) is 0 Å². The molecule has 3 heterocycles. The highest BCUT2D eigenvalue weighted by molar-refractivity contribution is 5.92. The van der Waals surface area contributed by atoms with Crippen molar-refractivity contribution >= 4 is 22.9 Å². The number of H-pyrrole nitrogens is 1. The predicted molar refractivity (Wildman–Crippen MR) is 142 cm³/mol. The van der Waals surface area contributed by atoms with Gasteiger partial charge in [0, 0.05) is 31.4 Å². The van der Waals surface area contributed by atoms with E-state index in [0.717, 1.165) is 39.4 Å². The van der Waals surface area contributed by atoms with Crippen LogP contribution in [0.4, 0.5) is 10.6 Å². The molecule has 0 aliphatic carbocycles. The number of amides is 2. The minimum absolute atomic E-state index is 0.00628. The molecule has 1 aliphatic heterocycles. The molecule has 2 aromatic carbocycles. The predicted octanol–water partition coefficient (Wildman–Crippen LogP) is 4.49. The Labute approximate surface area is 215 Å². The van der Waals surface area contributed by atoms with Crippen LogP contribution in [-0.2, 0) is 0 Å². The molecule has 5 rings (SSSR count). The molecule has 2 aromatic heterocycles. The number of hydrogen-bond acceptors (Lipinski definition) is 6. The number of benzene rings is 2. The van der Waals surface area contributed by atoms with E-state index >= 15 is 0 Å². The lowest BCUT2D eigenvalue weighted by Crippen LogP contribution is -2.57. The molecule has 1 aliphatic rings. The van der Waals surface area contributed by atoms with Gasteiger partial charge in [0.1, 0.15) is 23.5 Å². The molecule has 2 N–H and O–H groups in total. The van der Waals surface area contributed by atoms with Crippen molar-refractivity contribution in [2.24, 2.45) is 0 Å². The standard InChI is InChI=1S/C28H29N7O2/c1-18-16-34(11-12-35(18)28(36)32-19(2)22-5-4-6-23(13-22)37-3)27-24-14-25(33-26(24)30-17-31-27)21-9-7-20(15-29)8-10-21/h4-10,13-14,17-19H,11-12,16H2,1-3H3,(H,32,36)(H,30,31,33)/t18-,19?/m1/s1. The normalized spacial score (nSPS) is 16.3. The molecule has 9 heteroatoms. The molecule has 1 fully saturated rings. The quantitative estimate of drug-likeness (QED) is 0.422. The van der Waals surface area contributed by atoms with Crippen LogP contribution >= 0.6 is 0 Å². The van der Waals surface area contributed by atoms with E-state index in [1.807, 2.05) is 54.3 Å². The van der Waals surface area contributed by atoms with Crippen molar-refractivity contribution in [3.63, 3.8) is 0 Å². The fourth-order valence-electron chi connectivity index (χ4n) is 4.77. The zero-order valence-corrected chi connectivity index (χ0v) is 21.1. The Morgan fingerprint density at radius 3 is 2.73 bits per heavy atom. The molecule has 188 valence electrons. The van der Waals surface area contributed by atoms with E-state index in [-0.39, 0.29) is 18.1 Å². The van der Waals surface area contributed by atoms with Gasteiger partial charge < -0.3 is 24.8 Å². The fraction of sp³-hybridized carbons (Fsp3) is 0.286. The first-order valence-electron chi connectivity index (χ1n) is 12.3. The second kappa shape index (κ2) is 10.2. The summed E-state index contributed by atoms with van der Waals surface area (Å²) in [5.74, 6) is 1.61. The smallest absolute Gasteiger partial charge is 0.318 e. The summed E-state index contributed by atoms with van der Waals surface area (Å²) >= 11 is 0. The summed E-state index contributed by atoms with van der Waals surface area (Å²) < 4.78 is 5.31. The molecule has 0 radical (unpaired) electrons. The van der Waals surface area contributed by atoms with Crippen LogP contribution < -0.4 is 15.0 Å². The van der Waals surface area contributed by atoms with Crippen molar-refractivity contribution in [1.29, 1.82) is 5.26 Å². The van der Waals surface area contributed by atoms with E-state index in [2.05, 4.69) is 38.2 Å². The summed E-state index contributed by atoms with van der Waals surface area (Å²) in [7, 11) is 1.64. The van der Waals surface area contributed by atoms with Gasteiger partial charge in [-0.2, -0.15) is 5.26 Å². The molecule has 0 bridgehead atoms. The largest absolute Gasteiger partial charge is 0.497 e. The van der Waals surface area contributed by atoms with Gasteiger partial charge in [0.15, 0.2) is 0 Å².